The predicted molar refractivity (Wildman–Crippen MR) is 102 cm³/mol. The molecule has 0 unspecified atom stereocenters. The number of carbonyl (C=O) groups excluding carboxylic acids is 1. The molecule has 1 saturated carbocycles. The number of fused-ring (bicyclic) bond motifs is 1. The van der Waals surface area contributed by atoms with Gasteiger partial charge in [-0.2, -0.15) is 0 Å². The number of H-pyrrole nitrogens is 1. The fourth-order valence-electron chi connectivity index (χ4n) is 3.85. The summed E-state index contributed by atoms with van der Waals surface area (Å²) < 4.78 is 1.88. The van der Waals surface area contributed by atoms with Gasteiger partial charge in [0, 0.05) is 18.2 Å². The number of amides is 1. The zero-order valence-electron chi connectivity index (χ0n) is 14.7. The minimum atomic E-state index is -0.137. The highest BCUT2D eigenvalue weighted by molar-refractivity contribution is 5.97. The zero-order chi connectivity index (χ0) is 17.9. The van der Waals surface area contributed by atoms with E-state index in [1.165, 1.54) is 19.3 Å². The number of hydrogen-bond acceptors (Lipinski definition) is 2. The fourth-order valence-corrected chi connectivity index (χ4v) is 3.85. The number of imidazole rings is 1. The van der Waals surface area contributed by atoms with Gasteiger partial charge in [-0.1, -0.05) is 49.6 Å². The first-order chi connectivity index (χ1) is 12.7. The Balaban J connectivity index is 1.56. The van der Waals surface area contributed by atoms with Gasteiger partial charge in [-0.25, -0.2) is 4.79 Å². The largest absolute Gasteiger partial charge is 0.348 e. The molecule has 3 aromatic rings. The number of benzene rings is 2. The van der Waals surface area contributed by atoms with Crippen molar-refractivity contribution in [3.8, 4) is 0 Å². The molecular weight excluding hydrogens is 326 g/mol. The van der Waals surface area contributed by atoms with Crippen LogP contribution in [0, 0.1) is 0 Å². The van der Waals surface area contributed by atoms with Crippen molar-refractivity contribution in [2.45, 2.75) is 44.7 Å². The Bertz CT molecular complexity index is 966. The normalized spacial score (nSPS) is 15.2. The lowest BCUT2D eigenvalue weighted by Gasteiger charge is -2.22. The molecule has 2 N–H and O–H groups in total. The van der Waals surface area contributed by atoms with Crippen LogP contribution in [0.4, 0.5) is 0 Å². The van der Waals surface area contributed by atoms with E-state index in [0.717, 1.165) is 29.4 Å². The number of nitrogens with one attached hydrogen (secondary N) is 2. The summed E-state index contributed by atoms with van der Waals surface area (Å²) in [4.78, 5) is 27.8. The van der Waals surface area contributed by atoms with E-state index in [0.29, 0.717) is 12.1 Å². The first-order valence-corrected chi connectivity index (χ1v) is 9.29. The van der Waals surface area contributed by atoms with Crippen molar-refractivity contribution in [1.29, 1.82) is 0 Å². The van der Waals surface area contributed by atoms with Crippen LogP contribution in [0.3, 0.4) is 0 Å². The molecule has 5 heteroatoms. The molecule has 0 bridgehead atoms. The minimum absolute atomic E-state index is 0.0752. The Kier molecular flexibility index (Phi) is 4.61. The second-order valence-corrected chi connectivity index (χ2v) is 6.99. The Morgan fingerprint density at radius 2 is 1.85 bits per heavy atom. The zero-order valence-corrected chi connectivity index (χ0v) is 14.7. The number of aromatic amines is 1. The monoisotopic (exact) mass is 349 g/mol. The summed E-state index contributed by atoms with van der Waals surface area (Å²) in [6, 6.07) is 15.5. The van der Waals surface area contributed by atoms with Crippen LogP contribution in [0.15, 0.2) is 53.3 Å². The second kappa shape index (κ2) is 7.20. The topological polar surface area (TPSA) is 66.9 Å². The number of nitrogens with zero attached hydrogens (tertiary/aromatic N) is 1. The van der Waals surface area contributed by atoms with Crippen LogP contribution in [-0.2, 0) is 6.54 Å². The molecule has 5 nitrogen and oxygen atoms in total. The van der Waals surface area contributed by atoms with Gasteiger partial charge in [0.25, 0.3) is 5.91 Å². The summed E-state index contributed by atoms with van der Waals surface area (Å²) in [5.74, 6) is -0.137. The number of carbonyl (C=O) groups is 1. The maximum absolute atomic E-state index is 12.4. The number of rotatable bonds is 4. The highest BCUT2D eigenvalue weighted by atomic mass is 16.2. The molecular formula is C21H23N3O2. The molecule has 1 fully saturated rings. The summed E-state index contributed by atoms with van der Waals surface area (Å²) in [6.45, 7) is 0.483. The van der Waals surface area contributed by atoms with Gasteiger partial charge in [0.15, 0.2) is 0 Å². The Labute approximate surface area is 152 Å². The number of hydrogen-bond donors (Lipinski definition) is 2. The predicted octanol–water partition coefficient (Wildman–Crippen LogP) is 3.76. The Morgan fingerprint density at radius 1 is 1.08 bits per heavy atom. The molecule has 1 heterocycles. The van der Waals surface area contributed by atoms with Crippen molar-refractivity contribution in [3.63, 3.8) is 0 Å². The first kappa shape index (κ1) is 16.6. The summed E-state index contributed by atoms with van der Waals surface area (Å²) in [7, 11) is 0. The lowest BCUT2D eigenvalue weighted by Crippen LogP contribution is -2.24. The van der Waals surface area contributed by atoms with Crippen LogP contribution in [0.1, 0.15) is 54.1 Å². The van der Waals surface area contributed by atoms with E-state index in [1.54, 1.807) is 12.1 Å². The maximum atomic E-state index is 12.4. The smallest absolute Gasteiger partial charge is 0.326 e. The van der Waals surface area contributed by atoms with Crippen molar-refractivity contribution in [3.05, 3.63) is 70.1 Å². The molecule has 1 aromatic heterocycles. The van der Waals surface area contributed by atoms with Gasteiger partial charge in [-0.15, -0.1) is 0 Å². The van der Waals surface area contributed by atoms with Crippen LogP contribution >= 0.6 is 0 Å². The van der Waals surface area contributed by atoms with Crippen LogP contribution in [0.25, 0.3) is 11.0 Å². The van der Waals surface area contributed by atoms with Crippen LogP contribution in [0.2, 0.25) is 0 Å². The molecule has 4 rings (SSSR count). The van der Waals surface area contributed by atoms with Crippen molar-refractivity contribution in [2.24, 2.45) is 0 Å². The van der Waals surface area contributed by atoms with E-state index in [2.05, 4.69) is 10.3 Å². The Morgan fingerprint density at radius 3 is 2.62 bits per heavy atom. The van der Waals surface area contributed by atoms with E-state index in [4.69, 9.17) is 0 Å². The first-order valence-electron chi connectivity index (χ1n) is 9.29. The van der Waals surface area contributed by atoms with Gasteiger partial charge in [-0.05, 0) is 36.6 Å². The van der Waals surface area contributed by atoms with E-state index in [9.17, 15) is 9.59 Å². The molecule has 1 aliphatic rings. The molecule has 0 aliphatic heterocycles. The molecule has 0 spiro atoms. The second-order valence-electron chi connectivity index (χ2n) is 6.99. The standard InChI is InChI=1S/C21H23N3O2/c25-20(22-14-15-7-3-1-4-8-15)16-11-12-19-18(13-16)23-21(26)24(19)17-9-5-2-6-10-17/h1,3-4,7-8,11-13,17H,2,5-6,9-10,14H2,(H,22,25)(H,23,26). The third-order valence-electron chi connectivity index (χ3n) is 5.21. The summed E-state index contributed by atoms with van der Waals surface area (Å²) in [5.41, 5.74) is 3.16. The molecule has 0 atom stereocenters. The highest BCUT2D eigenvalue weighted by Crippen LogP contribution is 2.29. The van der Waals surface area contributed by atoms with Gasteiger partial charge in [0.2, 0.25) is 0 Å². The molecule has 26 heavy (non-hydrogen) atoms. The molecule has 134 valence electrons. The third kappa shape index (κ3) is 3.29. The molecule has 0 radical (unpaired) electrons. The number of aromatic nitrogens is 2. The van der Waals surface area contributed by atoms with E-state index >= 15 is 0 Å². The highest BCUT2D eigenvalue weighted by Gasteiger charge is 2.20. The Hall–Kier alpha value is -2.82. The van der Waals surface area contributed by atoms with Gasteiger partial charge >= 0.3 is 5.69 Å². The van der Waals surface area contributed by atoms with Crippen molar-refractivity contribution in [1.82, 2.24) is 14.9 Å². The molecule has 0 saturated heterocycles. The van der Waals surface area contributed by atoms with Crippen molar-refractivity contribution < 1.29 is 4.79 Å². The fraction of sp³-hybridized carbons (Fsp3) is 0.333. The maximum Gasteiger partial charge on any atom is 0.326 e. The summed E-state index contributed by atoms with van der Waals surface area (Å²) in [6.07, 6.45) is 5.69. The van der Waals surface area contributed by atoms with Crippen LogP contribution in [0.5, 0.6) is 0 Å². The summed E-state index contributed by atoms with van der Waals surface area (Å²) in [5, 5.41) is 2.93. The quantitative estimate of drug-likeness (QED) is 0.753. The lowest BCUT2D eigenvalue weighted by atomic mass is 9.95. The van der Waals surface area contributed by atoms with E-state index in [1.807, 2.05) is 41.0 Å². The SMILES string of the molecule is O=C(NCc1ccccc1)c1ccc2c(c1)[nH]c(=O)n2C1CCCCC1. The molecule has 2 aromatic carbocycles. The van der Waals surface area contributed by atoms with Gasteiger partial charge in [-0.3, -0.25) is 9.36 Å². The van der Waals surface area contributed by atoms with E-state index < -0.39 is 0 Å². The third-order valence-corrected chi connectivity index (χ3v) is 5.21. The van der Waals surface area contributed by atoms with Gasteiger partial charge in [0.1, 0.15) is 0 Å². The minimum Gasteiger partial charge on any atom is -0.348 e. The van der Waals surface area contributed by atoms with Crippen molar-refractivity contribution >= 4 is 16.9 Å². The average molecular weight is 349 g/mol. The molecule has 1 amide bonds. The average Bonchev–Trinajstić information content (AvgIpc) is 3.02. The van der Waals surface area contributed by atoms with Gasteiger partial charge < -0.3 is 10.3 Å². The molecule has 1 aliphatic carbocycles. The van der Waals surface area contributed by atoms with Crippen LogP contribution in [-0.4, -0.2) is 15.5 Å². The summed E-state index contributed by atoms with van der Waals surface area (Å²) >= 11 is 0. The van der Waals surface area contributed by atoms with Crippen molar-refractivity contribution in [2.75, 3.05) is 0 Å². The van der Waals surface area contributed by atoms with Crippen LogP contribution < -0.4 is 11.0 Å². The van der Waals surface area contributed by atoms with E-state index in [-0.39, 0.29) is 17.6 Å². The lowest BCUT2D eigenvalue weighted by molar-refractivity contribution is 0.0951. The van der Waals surface area contributed by atoms with Gasteiger partial charge in [0.05, 0.1) is 11.0 Å².